The molecule has 2 aromatic heterocycles. The van der Waals surface area contributed by atoms with Crippen LogP contribution in [-0.2, 0) is 18.5 Å². The van der Waals surface area contributed by atoms with Gasteiger partial charge in [0.05, 0.1) is 11.4 Å². The number of piperazine rings is 1. The van der Waals surface area contributed by atoms with Gasteiger partial charge in [-0.1, -0.05) is 26.8 Å². The van der Waals surface area contributed by atoms with Gasteiger partial charge >= 0.3 is 0 Å². The fraction of sp³-hybridized carbons (Fsp3) is 0.579. The van der Waals surface area contributed by atoms with Crippen LogP contribution in [0.1, 0.15) is 43.4 Å². The Morgan fingerprint density at radius 1 is 1.08 bits per heavy atom. The molecule has 1 fully saturated rings. The van der Waals surface area contributed by atoms with E-state index in [-0.39, 0.29) is 5.41 Å². The summed E-state index contributed by atoms with van der Waals surface area (Å²) < 4.78 is 0. The van der Waals surface area contributed by atoms with Gasteiger partial charge in [0.1, 0.15) is 0 Å². The summed E-state index contributed by atoms with van der Waals surface area (Å²) in [4.78, 5) is 9.52. The minimum absolute atomic E-state index is 0.105. The van der Waals surface area contributed by atoms with E-state index in [2.05, 4.69) is 64.8 Å². The SMILES string of the molecule is Cc1cccnc1CN1CCN(Cc2cc(C(C)(C)C)n[nH]2)CC1. The summed E-state index contributed by atoms with van der Waals surface area (Å²) in [7, 11) is 0. The van der Waals surface area contributed by atoms with E-state index in [0.29, 0.717) is 0 Å². The van der Waals surface area contributed by atoms with Crippen molar-refractivity contribution >= 4 is 0 Å². The van der Waals surface area contributed by atoms with Gasteiger partial charge in [-0.05, 0) is 24.6 Å². The second kappa shape index (κ2) is 7.03. The normalized spacial score (nSPS) is 17.3. The summed E-state index contributed by atoms with van der Waals surface area (Å²) in [6, 6.07) is 6.36. The maximum atomic E-state index is 4.52. The Bertz CT molecular complexity index is 662. The van der Waals surface area contributed by atoms with Gasteiger partial charge in [0.2, 0.25) is 0 Å². The first-order valence-electron chi connectivity index (χ1n) is 8.82. The Labute approximate surface area is 145 Å². The molecule has 0 spiro atoms. The molecule has 1 aliphatic rings. The van der Waals surface area contributed by atoms with Gasteiger partial charge in [0.15, 0.2) is 0 Å². The molecule has 5 nitrogen and oxygen atoms in total. The van der Waals surface area contributed by atoms with E-state index >= 15 is 0 Å². The van der Waals surface area contributed by atoms with E-state index in [4.69, 9.17) is 0 Å². The monoisotopic (exact) mass is 327 g/mol. The minimum atomic E-state index is 0.105. The van der Waals surface area contributed by atoms with Gasteiger partial charge in [0, 0.05) is 56.6 Å². The highest BCUT2D eigenvalue weighted by Crippen LogP contribution is 2.21. The van der Waals surface area contributed by atoms with Crippen molar-refractivity contribution < 1.29 is 0 Å². The Morgan fingerprint density at radius 3 is 2.33 bits per heavy atom. The minimum Gasteiger partial charge on any atom is -0.295 e. The fourth-order valence-corrected chi connectivity index (χ4v) is 3.07. The molecule has 1 N–H and O–H groups in total. The molecule has 1 aliphatic heterocycles. The second-order valence-electron chi connectivity index (χ2n) is 7.85. The molecule has 1 saturated heterocycles. The molecular weight excluding hydrogens is 298 g/mol. The van der Waals surface area contributed by atoms with E-state index in [1.165, 1.54) is 17.0 Å². The molecule has 0 radical (unpaired) electrons. The Kier molecular flexibility index (Phi) is 5.01. The molecular formula is C19H29N5. The van der Waals surface area contributed by atoms with Gasteiger partial charge in [-0.2, -0.15) is 5.10 Å². The lowest BCUT2D eigenvalue weighted by Gasteiger charge is -2.34. The first-order valence-corrected chi connectivity index (χ1v) is 8.82. The van der Waals surface area contributed by atoms with Gasteiger partial charge < -0.3 is 0 Å². The maximum Gasteiger partial charge on any atom is 0.0678 e. The van der Waals surface area contributed by atoms with Crippen LogP contribution in [0.3, 0.4) is 0 Å². The van der Waals surface area contributed by atoms with E-state index < -0.39 is 0 Å². The number of nitrogens with zero attached hydrogens (tertiary/aromatic N) is 4. The first-order chi connectivity index (χ1) is 11.4. The van der Waals surface area contributed by atoms with Crippen LogP contribution >= 0.6 is 0 Å². The van der Waals surface area contributed by atoms with Crippen LogP contribution < -0.4 is 0 Å². The third-order valence-corrected chi connectivity index (χ3v) is 4.75. The Morgan fingerprint density at radius 2 is 1.75 bits per heavy atom. The topological polar surface area (TPSA) is 48.1 Å². The predicted molar refractivity (Wildman–Crippen MR) is 96.8 cm³/mol. The molecule has 0 saturated carbocycles. The molecule has 0 unspecified atom stereocenters. The zero-order valence-electron chi connectivity index (χ0n) is 15.3. The van der Waals surface area contributed by atoms with Crippen LogP contribution in [-0.4, -0.2) is 51.2 Å². The summed E-state index contributed by atoms with van der Waals surface area (Å²) in [6.07, 6.45) is 1.89. The van der Waals surface area contributed by atoms with Crippen molar-refractivity contribution in [2.24, 2.45) is 0 Å². The second-order valence-corrected chi connectivity index (χ2v) is 7.85. The average Bonchev–Trinajstić information content (AvgIpc) is 3.00. The molecule has 5 heteroatoms. The average molecular weight is 327 g/mol. The zero-order valence-corrected chi connectivity index (χ0v) is 15.3. The number of pyridine rings is 1. The van der Waals surface area contributed by atoms with Crippen LogP contribution in [0.5, 0.6) is 0 Å². The van der Waals surface area contributed by atoms with E-state index in [9.17, 15) is 0 Å². The van der Waals surface area contributed by atoms with E-state index in [1.807, 2.05) is 12.3 Å². The first kappa shape index (κ1) is 17.1. The smallest absolute Gasteiger partial charge is 0.0678 e. The van der Waals surface area contributed by atoms with Crippen molar-refractivity contribution in [3.8, 4) is 0 Å². The number of nitrogens with one attached hydrogen (secondary N) is 1. The fourth-order valence-electron chi connectivity index (χ4n) is 3.07. The summed E-state index contributed by atoms with van der Waals surface area (Å²) in [5.74, 6) is 0. The third-order valence-electron chi connectivity index (χ3n) is 4.75. The molecule has 0 aromatic carbocycles. The van der Waals surface area contributed by atoms with Crippen LogP contribution in [0.15, 0.2) is 24.4 Å². The Hall–Kier alpha value is -1.72. The zero-order chi connectivity index (χ0) is 17.2. The van der Waals surface area contributed by atoms with Crippen molar-refractivity contribution in [3.05, 3.63) is 47.0 Å². The summed E-state index contributed by atoms with van der Waals surface area (Å²) in [5.41, 5.74) is 4.95. The molecule has 0 amide bonds. The molecule has 130 valence electrons. The van der Waals surface area contributed by atoms with Crippen LogP contribution in [0.4, 0.5) is 0 Å². The number of rotatable bonds is 4. The summed E-state index contributed by atoms with van der Waals surface area (Å²) in [6.45, 7) is 15.0. The number of H-pyrrole nitrogens is 1. The van der Waals surface area contributed by atoms with Gasteiger partial charge in [-0.15, -0.1) is 0 Å². The molecule has 0 aliphatic carbocycles. The number of hydrogen-bond acceptors (Lipinski definition) is 4. The number of hydrogen-bond donors (Lipinski definition) is 1. The quantitative estimate of drug-likeness (QED) is 0.938. The molecule has 3 heterocycles. The molecule has 24 heavy (non-hydrogen) atoms. The maximum absolute atomic E-state index is 4.52. The van der Waals surface area contributed by atoms with Crippen LogP contribution in [0.2, 0.25) is 0 Å². The predicted octanol–water partition coefficient (Wildman–Crippen LogP) is 2.73. The largest absolute Gasteiger partial charge is 0.295 e. The van der Waals surface area contributed by atoms with Gasteiger partial charge in [-0.25, -0.2) is 0 Å². The highest BCUT2D eigenvalue weighted by atomic mass is 15.3. The number of aromatic nitrogens is 3. The van der Waals surface area contributed by atoms with E-state index in [1.54, 1.807) is 0 Å². The van der Waals surface area contributed by atoms with Crippen molar-refractivity contribution in [1.82, 2.24) is 25.0 Å². The summed E-state index contributed by atoms with van der Waals surface area (Å²) >= 11 is 0. The standard InChI is InChI=1S/C19H29N5/c1-15-6-5-7-20-17(15)14-24-10-8-23(9-11-24)13-16-12-18(22-21-16)19(2,3)4/h5-7,12H,8-11,13-14H2,1-4H3,(H,21,22). The lowest BCUT2D eigenvalue weighted by molar-refractivity contribution is 0.120. The van der Waals surface area contributed by atoms with Crippen LogP contribution in [0, 0.1) is 6.92 Å². The van der Waals surface area contributed by atoms with Crippen LogP contribution in [0.25, 0.3) is 0 Å². The lowest BCUT2D eigenvalue weighted by atomic mass is 9.92. The van der Waals surface area contributed by atoms with Crippen molar-refractivity contribution in [3.63, 3.8) is 0 Å². The molecule has 0 bridgehead atoms. The molecule has 3 rings (SSSR count). The highest BCUT2D eigenvalue weighted by molar-refractivity contribution is 5.18. The van der Waals surface area contributed by atoms with Gasteiger partial charge in [0.25, 0.3) is 0 Å². The molecule has 2 aromatic rings. The number of aryl methyl sites for hydroxylation is 1. The van der Waals surface area contributed by atoms with Gasteiger partial charge in [-0.3, -0.25) is 19.9 Å². The van der Waals surface area contributed by atoms with Crippen molar-refractivity contribution in [2.45, 2.75) is 46.2 Å². The summed E-state index contributed by atoms with van der Waals surface area (Å²) in [5, 5.41) is 7.67. The molecule has 0 atom stereocenters. The number of aromatic amines is 1. The highest BCUT2D eigenvalue weighted by Gasteiger charge is 2.21. The van der Waals surface area contributed by atoms with Crippen molar-refractivity contribution in [1.29, 1.82) is 0 Å². The third kappa shape index (κ3) is 4.22. The van der Waals surface area contributed by atoms with E-state index in [0.717, 1.165) is 45.0 Å². The lowest BCUT2D eigenvalue weighted by Crippen LogP contribution is -2.45. The Balaban J connectivity index is 1.50. The van der Waals surface area contributed by atoms with Crippen molar-refractivity contribution in [2.75, 3.05) is 26.2 Å².